The maximum Gasteiger partial charge on any atom is 0.0698 e. The van der Waals surface area contributed by atoms with Gasteiger partial charge >= 0.3 is 0 Å². The van der Waals surface area contributed by atoms with Crippen molar-refractivity contribution >= 4 is 37.6 Å². The second kappa shape index (κ2) is 7.10. The lowest BCUT2D eigenvalue weighted by Crippen LogP contribution is -2.56. The summed E-state index contributed by atoms with van der Waals surface area (Å²) < 4.78 is 2.15. The van der Waals surface area contributed by atoms with Crippen LogP contribution >= 0.6 is 31.9 Å². The van der Waals surface area contributed by atoms with E-state index in [2.05, 4.69) is 97.8 Å². The molecule has 5 heteroatoms. The molecule has 2 bridgehead atoms. The van der Waals surface area contributed by atoms with Crippen LogP contribution in [0.5, 0.6) is 0 Å². The third kappa shape index (κ3) is 3.04. The van der Waals surface area contributed by atoms with Gasteiger partial charge in [-0.2, -0.15) is 0 Å². The number of nitrogens with one attached hydrogen (secondary N) is 1. The molecule has 26 heavy (non-hydrogen) atoms. The molecule has 136 valence electrons. The second-order valence-electron chi connectivity index (χ2n) is 7.58. The Morgan fingerprint density at radius 3 is 2.15 bits per heavy atom. The summed E-state index contributed by atoms with van der Waals surface area (Å²) in [6.45, 7) is 2.24. The van der Waals surface area contributed by atoms with Gasteiger partial charge in [-0.25, -0.2) is 0 Å². The highest BCUT2D eigenvalue weighted by atomic mass is 79.9. The van der Waals surface area contributed by atoms with Crippen molar-refractivity contribution < 1.29 is 5.21 Å². The van der Waals surface area contributed by atoms with Gasteiger partial charge in [-0.15, -0.1) is 0 Å². The first-order valence-corrected chi connectivity index (χ1v) is 10.6. The highest BCUT2D eigenvalue weighted by Crippen LogP contribution is 2.53. The molecule has 4 rings (SSSR count). The predicted octanol–water partition coefficient (Wildman–Crippen LogP) is 6.23. The van der Waals surface area contributed by atoms with Gasteiger partial charge in [-0.3, -0.25) is 0 Å². The van der Waals surface area contributed by atoms with E-state index in [0.717, 1.165) is 33.9 Å². The zero-order chi connectivity index (χ0) is 18.3. The van der Waals surface area contributed by atoms with Crippen LogP contribution in [0.2, 0.25) is 0 Å². The number of rotatable bonds is 2. The van der Waals surface area contributed by atoms with Crippen molar-refractivity contribution in [2.24, 2.45) is 16.5 Å². The molecule has 4 atom stereocenters. The lowest BCUT2D eigenvalue weighted by molar-refractivity contribution is 0.147. The van der Waals surface area contributed by atoms with Gasteiger partial charge in [0.1, 0.15) is 0 Å². The summed E-state index contributed by atoms with van der Waals surface area (Å²) in [6.07, 6.45) is 3.24. The van der Waals surface area contributed by atoms with Crippen LogP contribution < -0.4 is 5.32 Å². The van der Waals surface area contributed by atoms with Gasteiger partial charge in [0.25, 0.3) is 0 Å². The maximum atomic E-state index is 9.92. The van der Waals surface area contributed by atoms with Crippen LogP contribution in [0.3, 0.4) is 0 Å². The summed E-state index contributed by atoms with van der Waals surface area (Å²) in [5, 5.41) is 17.7. The number of fused-ring (bicyclic) bond motifs is 2. The Kier molecular flexibility index (Phi) is 4.97. The summed E-state index contributed by atoms with van der Waals surface area (Å²) in [4.78, 5) is 0. The Hall–Kier alpha value is -1.17. The van der Waals surface area contributed by atoms with E-state index in [0.29, 0.717) is 0 Å². The molecule has 1 heterocycles. The third-order valence-corrected chi connectivity index (χ3v) is 7.13. The molecule has 0 radical (unpaired) electrons. The van der Waals surface area contributed by atoms with Gasteiger partial charge in [-0.1, -0.05) is 74.6 Å². The molecule has 0 spiro atoms. The van der Waals surface area contributed by atoms with Crippen LogP contribution in [-0.2, 0) is 0 Å². The van der Waals surface area contributed by atoms with Gasteiger partial charge in [0.2, 0.25) is 0 Å². The lowest BCUT2D eigenvalue weighted by Gasteiger charge is -2.53. The molecule has 4 unspecified atom stereocenters. The van der Waals surface area contributed by atoms with Gasteiger partial charge in [0.05, 0.1) is 5.71 Å². The molecule has 1 aliphatic carbocycles. The average molecular weight is 478 g/mol. The molecule has 0 aromatic heterocycles. The van der Waals surface area contributed by atoms with E-state index >= 15 is 0 Å². The minimum Gasteiger partial charge on any atom is -0.411 e. The maximum absolute atomic E-state index is 9.92. The van der Waals surface area contributed by atoms with Crippen LogP contribution in [0, 0.1) is 11.3 Å². The number of hydrogen-bond acceptors (Lipinski definition) is 3. The number of halogens is 2. The van der Waals surface area contributed by atoms with E-state index in [1.165, 1.54) is 11.1 Å². The first-order chi connectivity index (χ1) is 12.5. The Bertz CT molecular complexity index is 819. The lowest BCUT2D eigenvalue weighted by atomic mass is 9.58. The van der Waals surface area contributed by atoms with Crippen LogP contribution in [0.1, 0.15) is 49.4 Å². The van der Waals surface area contributed by atoms with E-state index < -0.39 is 0 Å². The summed E-state index contributed by atoms with van der Waals surface area (Å²) in [7, 11) is 0. The summed E-state index contributed by atoms with van der Waals surface area (Å²) >= 11 is 7.05. The number of benzene rings is 2. The molecule has 2 aromatic carbocycles. The highest BCUT2D eigenvalue weighted by molar-refractivity contribution is 9.10. The molecular weight excluding hydrogens is 456 g/mol. The monoisotopic (exact) mass is 476 g/mol. The van der Waals surface area contributed by atoms with Gasteiger partial charge in [0, 0.05) is 32.4 Å². The van der Waals surface area contributed by atoms with Crippen molar-refractivity contribution in [3.63, 3.8) is 0 Å². The zero-order valence-corrected chi connectivity index (χ0v) is 17.8. The van der Waals surface area contributed by atoms with Crippen molar-refractivity contribution in [2.45, 2.75) is 38.3 Å². The van der Waals surface area contributed by atoms with E-state index in [-0.39, 0.29) is 23.4 Å². The topological polar surface area (TPSA) is 44.6 Å². The van der Waals surface area contributed by atoms with Crippen molar-refractivity contribution in [3.8, 4) is 0 Å². The Morgan fingerprint density at radius 2 is 1.58 bits per heavy atom. The Balaban J connectivity index is 1.80. The molecule has 3 nitrogen and oxygen atoms in total. The fraction of sp³-hybridized carbons (Fsp3) is 0.381. The van der Waals surface area contributed by atoms with Crippen molar-refractivity contribution in [1.82, 2.24) is 5.32 Å². The van der Waals surface area contributed by atoms with Gasteiger partial charge in [-0.05, 0) is 48.2 Å². The van der Waals surface area contributed by atoms with E-state index in [4.69, 9.17) is 0 Å². The third-order valence-electron chi connectivity index (χ3n) is 6.07. The molecule has 1 saturated carbocycles. The summed E-state index contributed by atoms with van der Waals surface area (Å²) in [5.74, 6) is 0.228. The quantitative estimate of drug-likeness (QED) is 0.397. The fourth-order valence-corrected chi connectivity index (χ4v) is 5.31. The average Bonchev–Trinajstić information content (AvgIpc) is 2.63. The number of nitrogens with zero attached hydrogens (tertiary/aromatic N) is 1. The molecule has 2 aliphatic rings. The standard InChI is InChI=1S/C21H22Br2N2O/c1-21-12-2-3-17(20(21)25-26)18(13-4-8-15(22)9-5-13)24-19(21)14-6-10-16(23)11-7-14/h4-11,17-19,24,26H,2-3,12H2,1H3/b25-20+. The smallest absolute Gasteiger partial charge is 0.0698 e. The number of piperidine rings is 1. The van der Waals surface area contributed by atoms with Gasteiger partial charge in [0.15, 0.2) is 0 Å². The van der Waals surface area contributed by atoms with Gasteiger partial charge < -0.3 is 10.5 Å². The first-order valence-electron chi connectivity index (χ1n) is 9.02. The van der Waals surface area contributed by atoms with Crippen molar-refractivity contribution in [1.29, 1.82) is 0 Å². The van der Waals surface area contributed by atoms with E-state index in [1.807, 2.05) is 0 Å². The SMILES string of the molecule is CC12CCCC(/C1=N\O)C(c1ccc(Br)cc1)NC2c1ccc(Br)cc1. The normalized spacial score (nSPS) is 32.6. The molecule has 1 saturated heterocycles. The number of hydrogen-bond donors (Lipinski definition) is 2. The first kappa shape index (κ1) is 18.2. The second-order valence-corrected chi connectivity index (χ2v) is 9.41. The van der Waals surface area contributed by atoms with Crippen LogP contribution in [0.15, 0.2) is 62.6 Å². The van der Waals surface area contributed by atoms with E-state index in [1.54, 1.807) is 0 Å². The molecule has 2 N–H and O–H groups in total. The van der Waals surface area contributed by atoms with Crippen LogP contribution in [0.25, 0.3) is 0 Å². The molecule has 2 aromatic rings. The largest absolute Gasteiger partial charge is 0.411 e. The zero-order valence-electron chi connectivity index (χ0n) is 14.6. The summed E-state index contributed by atoms with van der Waals surface area (Å²) in [6, 6.07) is 17.2. The minimum atomic E-state index is -0.169. The minimum absolute atomic E-state index is 0.117. The molecular formula is C21H22Br2N2O. The fourth-order valence-electron chi connectivity index (χ4n) is 4.78. The van der Waals surface area contributed by atoms with E-state index in [9.17, 15) is 5.21 Å². The van der Waals surface area contributed by atoms with Crippen molar-refractivity contribution in [2.75, 3.05) is 0 Å². The highest BCUT2D eigenvalue weighted by Gasteiger charge is 2.52. The predicted molar refractivity (Wildman–Crippen MR) is 112 cm³/mol. The number of oxime groups is 1. The Labute approximate surface area is 171 Å². The Morgan fingerprint density at radius 1 is 1.00 bits per heavy atom. The molecule has 2 fully saturated rings. The van der Waals surface area contributed by atoms with Crippen molar-refractivity contribution in [3.05, 3.63) is 68.6 Å². The van der Waals surface area contributed by atoms with Crippen LogP contribution in [0.4, 0.5) is 0 Å². The molecule has 1 aliphatic heterocycles. The van der Waals surface area contributed by atoms with Crippen LogP contribution in [-0.4, -0.2) is 10.9 Å². The molecule has 0 amide bonds. The summed E-state index contributed by atoms with van der Waals surface area (Å²) in [5.41, 5.74) is 3.25.